The van der Waals surface area contributed by atoms with Gasteiger partial charge in [0, 0.05) is 12.5 Å². The van der Waals surface area contributed by atoms with E-state index < -0.39 is 0 Å². The lowest BCUT2D eigenvalue weighted by atomic mass is 9.82. The number of aliphatic hydroxyl groups is 1. The van der Waals surface area contributed by atoms with Crippen LogP contribution in [0.2, 0.25) is 0 Å². The molecular formula is C11H22N2O2. The summed E-state index contributed by atoms with van der Waals surface area (Å²) in [5.74, 6) is 0.647. The first kappa shape index (κ1) is 12.5. The van der Waals surface area contributed by atoms with Crippen molar-refractivity contribution < 1.29 is 9.90 Å². The van der Waals surface area contributed by atoms with E-state index in [4.69, 9.17) is 10.8 Å². The number of nitrogens with one attached hydrogen (secondary N) is 1. The summed E-state index contributed by atoms with van der Waals surface area (Å²) in [6.45, 7) is 3.29. The fraction of sp³-hybridized carbons (Fsp3) is 0.909. The number of rotatable bonds is 6. The number of nitrogens with two attached hydrogens (primary N) is 1. The molecule has 0 heterocycles. The zero-order valence-electron chi connectivity index (χ0n) is 9.41. The van der Waals surface area contributed by atoms with Crippen LogP contribution < -0.4 is 11.1 Å². The van der Waals surface area contributed by atoms with Gasteiger partial charge in [0.15, 0.2) is 0 Å². The highest BCUT2D eigenvalue weighted by Gasteiger charge is 2.27. The summed E-state index contributed by atoms with van der Waals surface area (Å²) in [5.41, 5.74) is 5.39. The van der Waals surface area contributed by atoms with Crippen LogP contribution in [0.3, 0.4) is 0 Å². The second kappa shape index (κ2) is 6.08. The molecular weight excluding hydrogens is 192 g/mol. The van der Waals surface area contributed by atoms with Crippen LogP contribution in [0.4, 0.5) is 0 Å². The van der Waals surface area contributed by atoms with Gasteiger partial charge in [-0.25, -0.2) is 0 Å². The quantitative estimate of drug-likeness (QED) is 0.593. The van der Waals surface area contributed by atoms with Crippen molar-refractivity contribution in [1.82, 2.24) is 5.32 Å². The van der Waals surface area contributed by atoms with Gasteiger partial charge in [-0.15, -0.1) is 0 Å². The van der Waals surface area contributed by atoms with E-state index in [-0.39, 0.29) is 17.9 Å². The van der Waals surface area contributed by atoms with Crippen LogP contribution in [-0.2, 0) is 4.79 Å². The Labute approximate surface area is 91.2 Å². The largest absolute Gasteiger partial charge is 0.393 e. The lowest BCUT2D eigenvalue weighted by Crippen LogP contribution is -2.40. The van der Waals surface area contributed by atoms with Crippen LogP contribution in [0.5, 0.6) is 0 Å². The summed E-state index contributed by atoms with van der Waals surface area (Å²) in [6, 6.07) is 0. The summed E-state index contributed by atoms with van der Waals surface area (Å²) in [5, 5.41) is 12.0. The molecule has 88 valence electrons. The van der Waals surface area contributed by atoms with E-state index in [2.05, 4.69) is 5.32 Å². The Kier molecular flexibility index (Phi) is 5.05. The molecule has 4 heteroatoms. The fourth-order valence-electron chi connectivity index (χ4n) is 1.84. The molecule has 0 bridgehead atoms. The molecule has 15 heavy (non-hydrogen) atoms. The molecule has 0 aromatic rings. The first-order chi connectivity index (χ1) is 7.13. The molecule has 4 N–H and O–H groups in total. The summed E-state index contributed by atoms with van der Waals surface area (Å²) in [6.07, 6.45) is 3.28. The van der Waals surface area contributed by atoms with Gasteiger partial charge in [0.1, 0.15) is 0 Å². The van der Waals surface area contributed by atoms with E-state index in [0.717, 1.165) is 25.7 Å². The van der Waals surface area contributed by atoms with Crippen molar-refractivity contribution in [3.8, 4) is 0 Å². The molecule has 1 amide bonds. The van der Waals surface area contributed by atoms with Gasteiger partial charge in [0.25, 0.3) is 0 Å². The smallest absolute Gasteiger partial charge is 0.222 e. The molecule has 0 aliphatic heterocycles. The monoisotopic (exact) mass is 214 g/mol. The van der Waals surface area contributed by atoms with Crippen molar-refractivity contribution in [2.24, 2.45) is 17.6 Å². The third-order valence-electron chi connectivity index (χ3n) is 3.06. The minimum absolute atomic E-state index is 0.0542. The molecule has 0 radical (unpaired) electrons. The Balaban J connectivity index is 2.07. The Morgan fingerprint density at radius 2 is 2.27 bits per heavy atom. The zero-order valence-corrected chi connectivity index (χ0v) is 9.41. The van der Waals surface area contributed by atoms with Crippen LogP contribution in [0.25, 0.3) is 0 Å². The predicted molar refractivity (Wildman–Crippen MR) is 59.2 cm³/mol. The standard InChI is InChI=1S/C11H22N2O2/c1-8(3-2-4-12)11(15)13-7-9-5-10(14)6-9/h8-10,14H,2-7,12H2,1H3,(H,13,15). The van der Waals surface area contributed by atoms with E-state index in [9.17, 15) is 4.79 Å². The predicted octanol–water partition coefficient (Wildman–Crippen LogP) is 0.249. The second-order valence-electron chi connectivity index (χ2n) is 4.57. The van der Waals surface area contributed by atoms with Crippen LogP contribution in [0, 0.1) is 11.8 Å². The van der Waals surface area contributed by atoms with E-state index in [1.165, 1.54) is 0 Å². The Morgan fingerprint density at radius 1 is 1.60 bits per heavy atom. The van der Waals surface area contributed by atoms with Crippen molar-refractivity contribution in [3.63, 3.8) is 0 Å². The fourth-order valence-corrected chi connectivity index (χ4v) is 1.84. The molecule has 1 rings (SSSR count). The molecule has 0 aromatic carbocycles. The van der Waals surface area contributed by atoms with Gasteiger partial charge in [-0.3, -0.25) is 4.79 Å². The number of hydrogen-bond acceptors (Lipinski definition) is 3. The third kappa shape index (κ3) is 4.18. The number of carbonyl (C=O) groups excluding carboxylic acids is 1. The van der Waals surface area contributed by atoms with E-state index in [0.29, 0.717) is 19.0 Å². The topological polar surface area (TPSA) is 75.4 Å². The van der Waals surface area contributed by atoms with E-state index in [1.807, 2.05) is 6.92 Å². The van der Waals surface area contributed by atoms with Crippen molar-refractivity contribution in [2.45, 2.75) is 38.7 Å². The van der Waals surface area contributed by atoms with Crippen LogP contribution in [0.15, 0.2) is 0 Å². The maximum atomic E-state index is 11.6. The van der Waals surface area contributed by atoms with Crippen molar-refractivity contribution in [1.29, 1.82) is 0 Å². The van der Waals surface area contributed by atoms with Gasteiger partial charge in [0.2, 0.25) is 5.91 Å². The Bertz CT molecular complexity index is 203. The lowest BCUT2D eigenvalue weighted by molar-refractivity contribution is -0.125. The summed E-state index contributed by atoms with van der Waals surface area (Å²) in [7, 11) is 0. The molecule has 1 atom stereocenters. The molecule has 4 nitrogen and oxygen atoms in total. The zero-order chi connectivity index (χ0) is 11.3. The van der Waals surface area contributed by atoms with Crippen LogP contribution >= 0.6 is 0 Å². The summed E-state index contributed by atoms with van der Waals surface area (Å²) in [4.78, 5) is 11.6. The molecule has 1 fully saturated rings. The molecule has 1 aliphatic rings. The van der Waals surface area contributed by atoms with Gasteiger partial charge in [0.05, 0.1) is 6.10 Å². The van der Waals surface area contributed by atoms with Crippen LogP contribution in [-0.4, -0.2) is 30.2 Å². The molecule has 1 aliphatic carbocycles. The lowest BCUT2D eigenvalue weighted by Gasteiger charge is -2.31. The normalized spacial score (nSPS) is 26.9. The second-order valence-corrected chi connectivity index (χ2v) is 4.57. The van der Waals surface area contributed by atoms with Gasteiger partial charge < -0.3 is 16.2 Å². The average molecular weight is 214 g/mol. The van der Waals surface area contributed by atoms with Crippen molar-refractivity contribution in [2.75, 3.05) is 13.1 Å². The molecule has 0 saturated heterocycles. The highest BCUT2D eigenvalue weighted by atomic mass is 16.3. The summed E-state index contributed by atoms with van der Waals surface area (Å²) >= 11 is 0. The minimum atomic E-state index is -0.137. The Hall–Kier alpha value is -0.610. The number of amides is 1. The van der Waals surface area contributed by atoms with Crippen molar-refractivity contribution >= 4 is 5.91 Å². The highest BCUT2D eigenvalue weighted by Crippen LogP contribution is 2.26. The third-order valence-corrected chi connectivity index (χ3v) is 3.06. The maximum Gasteiger partial charge on any atom is 0.222 e. The highest BCUT2D eigenvalue weighted by molar-refractivity contribution is 5.78. The SMILES string of the molecule is CC(CCCN)C(=O)NCC1CC(O)C1. The number of carbonyl (C=O) groups is 1. The van der Waals surface area contributed by atoms with Crippen molar-refractivity contribution in [3.05, 3.63) is 0 Å². The number of hydrogen-bond donors (Lipinski definition) is 3. The summed E-state index contributed by atoms with van der Waals surface area (Å²) < 4.78 is 0. The van der Waals surface area contributed by atoms with Gasteiger partial charge in [-0.1, -0.05) is 6.92 Å². The Morgan fingerprint density at radius 3 is 2.80 bits per heavy atom. The molecule has 1 saturated carbocycles. The minimum Gasteiger partial charge on any atom is -0.393 e. The first-order valence-corrected chi connectivity index (χ1v) is 5.79. The van der Waals surface area contributed by atoms with Gasteiger partial charge in [-0.05, 0) is 38.1 Å². The van der Waals surface area contributed by atoms with E-state index in [1.54, 1.807) is 0 Å². The molecule has 1 unspecified atom stereocenters. The molecule has 0 spiro atoms. The first-order valence-electron chi connectivity index (χ1n) is 5.79. The molecule has 0 aromatic heterocycles. The van der Waals surface area contributed by atoms with Gasteiger partial charge >= 0.3 is 0 Å². The number of aliphatic hydroxyl groups excluding tert-OH is 1. The van der Waals surface area contributed by atoms with E-state index >= 15 is 0 Å². The van der Waals surface area contributed by atoms with Gasteiger partial charge in [-0.2, -0.15) is 0 Å². The average Bonchev–Trinajstić information content (AvgIpc) is 2.18. The van der Waals surface area contributed by atoms with Crippen LogP contribution in [0.1, 0.15) is 32.6 Å². The maximum absolute atomic E-state index is 11.6.